The predicted molar refractivity (Wildman–Crippen MR) is 75.9 cm³/mol. The van der Waals surface area contributed by atoms with Crippen LogP contribution in [-0.2, 0) is 21.7 Å². The Morgan fingerprint density at radius 3 is 2.52 bits per heavy atom. The number of hydrogen-bond acceptors (Lipinski definition) is 7. The van der Waals surface area contributed by atoms with Crippen molar-refractivity contribution in [3.8, 4) is 0 Å². The minimum atomic E-state index is -2.88. The molecular weight excluding hydrogens is 298 g/mol. The minimum absolute atomic E-state index is 0.163. The van der Waals surface area contributed by atoms with Crippen LogP contribution in [0.25, 0.3) is 11.2 Å². The van der Waals surface area contributed by atoms with Gasteiger partial charge in [0.05, 0.1) is 24.0 Å². The largest absolute Gasteiger partial charge is 0.483 e. The molecule has 0 aromatic carbocycles. The lowest BCUT2D eigenvalue weighted by molar-refractivity contribution is -0.122. The number of rotatable bonds is 1. The Bertz CT molecular complexity index is 728. The van der Waals surface area contributed by atoms with Crippen molar-refractivity contribution < 1.29 is 18.3 Å². The molecule has 3 rings (SSSR count). The molecule has 1 aliphatic rings. The molecule has 1 saturated heterocycles. The van der Waals surface area contributed by atoms with Crippen LogP contribution in [0.15, 0.2) is 12.5 Å². The third-order valence-corrected chi connectivity index (χ3v) is 4.71. The first-order chi connectivity index (χ1) is 9.96. The predicted octanol–water partition coefficient (Wildman–Crippen LogP) is -0.701. The molecule has 114 valence electrons. The molecule has 0 atom stereocenters. The third kappa shape index (κ3) is 3.45. The van der Waals surface area contributed by atoms with Crippen molar-refractivity contribution in [3.05, 3.63) is 12.5 Å². The van der Waals surface area contributed by atoms with Gasteiger partial charge in [-0.2, -0.15) is 4.98 Å². The summed E-state index contributed by atoms with van der Waals surface area (Å²) in [5.41, 5.74) is 1.50. The van der Waals surface area contributed by atoms with E-state index in [2.05, 4.69) is 15.0 Å². The molecule has 1 fully saturated rings. The van der Waals surface area contributed by atoms with Gasteiger partial charge < -0.3 is 14.6 Å². The maximum atomic E-state index is 11.4. The highest BCUT2D eigenvalue weighted by atomic mass is 32.2. The van der Waals surface area contributed by atoms with Crippen molar-refractivity contribution in [2.75, 3.05) is 29.5 Å². The summed E-state index contributed by atoms with van der Waals surface area (Å²) in [5.74, 6) is 0.879. The molecule has 0 spiro atoms. The Balaban J connectivity index is 0.000000497. The quantitative estimate of drug-likeness (QED) is 0.686. The summed E-state index contributed by atoms with van der Waals surface area (Å²) in [7, 11) is -0.998. The van der Waals surface area contributed by atoms with Gasteiger partial charge in [-0.1, -0.05) is 0 Å². The van der Waals surface area contributed by atoms with E-state index >= 15 is 0 Å². The Kier molecular flexibility index (Phi) is 4.36. The number of aryl methyl sites for hydroxylation is 1. The van der Waals surface area contributed by atoms with E-state index in [0.29, 0.717) is 24.7 Å². The Labute approximate surface area is 121 Å². The van der Waals surface area contributed by atoms with Gasteiger partial charge in [0.2, 0.25) is 5.95 Å². The van der Waals surface area contributed by atoms with E-state index < -0.39 is 9.84 Å². The molecule has 1 N–H and O–H groups in total. The van der Waals surface area contributed by atoms with Crippen LogP contribution in [0, 0.1) is 0 Å². The number of nitrogens with zero attached hydrogens (tertiary/aromatic N) is 5. The maximum Gasteiger partial charge on any atom is 0.290 e. The van der Waals surface area contributed by atoms with Gasteiger partial charge in [0.1, 0.15) is 5.52 Å². The average molecular weight is 313 g/mol. The summed E-state index contributed by atoms with van der Waals surface area (Å²) < 4.78 is 24.6. The van der Waals surface area contributed by atoms with Crippen molar-refractivity contribution in [1.29, 1.82) is 0 Å². The van der Waals surface area contributed by atoms with Crippen molar-refractivity contribution in [2.24, 2.45) is 7.05 Å². The minimum Gasteiger partial charge on any atom is -0.483 e. The number of anilines is 1. The van der Waals surface area contributed by atoms with Gasteiger partial charge in [0, 0.05) is 20.1 Å². The van der Waals surface area contributed by atoms with Crippen molar-refractivity contribution in [1.82, 2.24) is 19.5 Å². The monoisotopic (exact) mass is 313 g/mol. The molecule has 0 saturated carbocycles. The summed E-state index contributed by atoms with van der Waals surface area (Å²) in [6.45, 7) is 0.640. The van der Waals surface area contributed by atoms with E-state index in [9.17, 15) is 8.42 Å². The molecule has 3 heterocycles. The van der Waals surface area contributed by atoms with E-state index in [-0.39, 0.29) is 18.0 Å². The average Bonchev–Trinajstić information content (AvgIpc) is 2.81. The van der Waals surface area contributed by atoms with Gasteiger partial charge >= 0.3 is 0 Å². The zero-order valence-electron chi connectivity index (χ0n) is 11.4. The molecule has 0 bridgehead atoms. The van der Waals surface area contributed by atoms with E-state index in [4.69, 9.17) is 9.90 Å². The van der Waals surface area contributed by atoms with E-state index in [1.165, 1.54) is 0 Å². The molecule has 9 nitrogen and oxygen atoms in total. The first-order valence-corrected chi connectivity index (χ1v) is 7.96. The molecule has 2 aromatic heterocycles. The molecule has 2 aromatic rings. The summed E-state index contributed by atoms with van der Waals surface area (Å²) in [6, 6.07) is 0. The van der Waals surface area contributed by atoms with Crippen LogP contribution in [0.1, 0.15) is 0 Å². The van der Waals surface area contributed by atoms with Crippen LogP contribution in [0.3, 0.4) is 0 Å². The molecule has 10 heteroatoms. The fourth-order valence-corrected chi connectivity index (χ4v) is 3.17. The number of carboxylic acid groups (broad SMARTS) is 1. The number of sulfone groups is 1. The second-order valence-corrected chi connectivity index (χ2v) is 6.78. The molecule has 0 amide bonds. The standard InChI is InChI=1S/C10H13N5O2S.CH2O2/c1-14-7-12-9-8(14)6-11-10(13-9)15-2-4-18(16,17)5-3-15;2-1-3/h6-7H,2-5H2,1H3;1H,(H,2,3). The SMILES string of the molecule is Cn1cnc2nc(N3CCS(=O)(=O)CC3)ncc21.O=CO. The van der Waals surface area contributed by atoms with Gasteiger partial charge in [0.25, 0.3) is 6.47 Å². The second-order valence-electron chi connectivity index (χ2n) is 4.48. The van der Waals surface area contributed by atoms with Crippen LogP contribution < -0.4 is 4.90 Å². The lowest BCUT2D eigenvalue weighted by Gasteiger charge is -2.26. The summed E-state index contributed by atoms with van der Waals surface area (Å²) in [4.78, 5) is 23.0. The number of fused-ring (bicyclic) bond motifs is 1. The number of aromatic nitrogens is 4. The number of hydrogen-bond donors (Lipinski definition) is 1. The summed E-state index contributed by atoms with van der Waals surface area (Å²) in [6.07, 6.45) is 3.40. The van der Waals surface area contributed by atoms with Crippen molar-refractivity contribution in [2.45, 2.75) is 0 Å². The molecule has 0 radical (unpaired) electrons. The zero-order valence-corrected chi connectivity index (χ0v) is 12.2. The van der Waals surface area contributed by atoms with Gasteiger partial charge in [0.15, 0.2) is 15.5 Å². The molecule has 0 aliphatic carbocycles. The summed E-state index contributed by atoms with van der Waals surface area (Å²) in [5, 5.41) is 6.89. The summed E-state index contributed by atoms with van der Waals surface area (Å²) >= 11 is 0. The van der Waals surface area contributed by atoms with Crippen molar-refractivity contribution >= 4 is 33.4 Å². The third-order valence-electron chi connectivity index (χ3n) is 3.10. The lowest BCUT2D eigenvalue weighted by Crippen LogP contribution is -2.41. The highest BCUT2D eigenvalue weighted by Gasteiger charge is 2.23. The normalized spacial score (nSPS) is 17.1. The number of carbonyl (C=O) groups is 1. The van der Waals surface area contributed by atoms with Crippen LogP contribution in [0.5, 0.6) is 0 Å². The van der Waals surface area contributed by atoms with Crippen LogP contribution >= 0.6 is 0 Å². The topological polar surface area (TPSA) is 118 Å². The first kappa shape index (κ1) is 15.2. The second kappa shape index (κ2) is 6.04. The van der Waals surface area contributed by atoms with Crippen LogP contribution in [-0.4, -0.2) is 64.1 Å². The smallest absolute Gasteiger partial charge is 0.290 e. The van der Waals surface area contributed by atoms with Crippen LogP contribution in [0.2, 0.25) is 0 Å². The molecule has 1 aliphatic heterocycles. The van der Waals surface area contributed by atoms with E-state index in [1.54, 1.807) is 12.5 Å². The van der Waals surface area contributed by atoms with Crippen LogP contribution in [0.4, 0.5) is 5.95 Å². The van der Waals surface area contributed by atoms with E-state index in [0.717, 1.165) is 5.52 Å². The van der Waals surface area contributed by atoms with Crippen molar-refractivity contribution in [3.63, 3.8) is 0 Å². The number of imidazole rings is 1. The first-order valence-electron chi connectivity index (χ1n) is 6.14. The Morgan fingerprint density at radius 1 is 1.29 bits per heavy atom. The van der Waals surface area contributed by atoms with Gasteiger partial charge in [-0.05, 0) is 0 Å². The van der Waals surface area contributed by atoms with Gasteiger partial charge in [-0.3, -0.25) is 4.79 Å². The highest BCUT2D eigenvalue weighted by molar-refractivity contribution is 7.91. The van der Waals surface area contributed by atoms with Gasteiger partial charge in [-0.15, -0.1) is 0 Å². The molecule has 21 heavy (non-hydrogen) atoms. The zero-order chi connectivity index (χ0) is 15.5. The fraction of sp³-hybridized carbons (Fsp3) is 0.455. The Hall–Kier alpha value is -2.23. The maximum absolute atomic E-state index is 11.4. The Morgan fingerprint density at radius 2 is 1.90 bits per heavy atom. The lowest BCUT2D eigenvalue weighted by atomic mass is 10.5. The highest BCUT2D eigenvalue weighted by Crippen LogP contribution is 2.15. The molecular formula is C11H15N5O4S. The fourth-order valence-electron chi connectivity index (χ4n) is 1.97. The molecule has 0 unspecified atom stereocenters. The van der Waals surface area contributed by atoms with E-state index in [1.807, 2.05) is 16.5 Å². The van der Waals surface area contributed by atoms with Gasteiger partial charge in [-0.25, -0.2) is 18.4 Å².